The number of methoxy groups -OCH3 is 3. The highest BCUT2D eigenvalue weighted by Crippen LogP contribution is 2.41. The molecule has 0 aliphatic carbocycles. The maximum Gasteiger partial charge on any atom is 0.307 e. The molecule has 1 atom stereocenters. The van der Waals surface area contributed by atoms with E-state index in [2.05, 4.69) is 0 Å². The van der Waals surface area contributed by atoms with E-state index >= 15 is 0 Å². The van der Waals surface area contributed by atoms with Gasteiger partial charge in [-0.1, -0.05) is 12.1 Å². The van der Waals surface area contributed by atoms with Crippen molar-refractivity contribution in [3.63, 3.8) is 0 Å². The van der Waals surface area contributed by atoms with Crippen LogP contribution in [-0.2, 0) is 26.0 Å². The molecule has 0 saturated heterocycles. The Morgan fingerprint density at radius 1 is 1.14 bits per heavy atom. The minimum Gasteiger partial charge on any atom is -0.493 e. The predicted molar refractivity (Wildman–Crippen MR) is 103 cm³/mol. The lowest BCUT2D eigenvalue weighted by Gasteiger charge is -2.36. The van der Waals surface area contributed by atoms with E-state index in [9.17, 15) is 17.6 Å². The summed E-state index contributed by atoms with van der Waals surface area (Å²) in [7, 11) is 0.0137. The van der Waals surface area contributed by atoms with Gasteiger partial charge < -0.3 is 14.2 Å². The highest BCUT2D eigenvalue weighted by molar-refractivity contribution is 7.89. The second-order valence-electron chi connectivity index (χ2n) is 6.50. The Morgan fingerprint density at radius 2 is 1.79 bits per heavy atom. The van der Waals surface area contributed by atoms with Gasteiger partial charge in [0.25, 0.3) is 0 Å². The molecule has 0 fully saturated rings. The lowest BCUT2D eigenvalue weighted by Crippen LogP contribution is -2.41. The van der Waals surface area contributed by atoms with Gasteiger partial charge in [0.1, 0.15) is 10.7 Å². The van der Waals surface area contributed by atoms with Gasteiger partial charge in [0.05, 0.1) is 33.8 Å². The van der Waals surface area contributed by atoms with E-state index in [1.807, 2.05) is 0 Å². The molecule has 1 aliphatic heterocycles. The Bertz CT molecular complexity index is 1020. The quantitative estimate of drug-likeness (QED) is 0.665. The van der Waals surface area contributed by atoms with Gasteiger partial charge in [-0.05, 0) is 41.8 Å². The fourth-order valence-electron chi connectivity index (χ4n) is 3.53. The number of nitrogens with zero attached hydrogens (tertiary/aromatic N) is 1. The lowest BCUT2D eigenvalue weighted by molar-refractivity contribution is -0.141. The summed E-state index contributed by atoms with van der Waals surface area (Å²) >= 11 is 0. The first-order valence-corrected chi connectivity index (χ1v) is 10.4. The third kappa shape index (κ3) is 3.92. The third-order valence-corrected chi connectivity index (χ3v) is 6.91. The topological polar surface area (TPSA) is 82.1 Å². The van der Waals surface area contributed by atoms with Crippen LogP contribution in [0.1, 0.15) is 23.6 Å². The number of carbonyl (C=O) groups excluding carboxylic acids is 1. The molecule has 0 unspecified atom stereocenters. The lowest BCUT2D eigenvalue weighted by atomic mass is 9.91. The summed E-state index contributed by atoms with van der Waals surface area (Å²) in [4.78, 5) is 11.6. The first kappa shape index (κ1) is 21.1. The number of benzene rings is 2. The largest absolute Gasteiger partial charge is 0.493 e. The normalized spacial score (nSPS) is 16.8. The zero-order chi connectivity index (χ0) is 21.2. The molecule has 7 nitrogen and oxygen atoms in total. The van der Waals surface area contributed by atoms with Crippen molar-refractivity contribution >= 4 is 16.0 Å². The number of rotatable bonds is 6. The van der Waals surface area contributed by atoms with Gasteiger partial charge in [-0.25, -0.2) is 12.8 Å². The van der Waals surface area contributed by atoms with Crippen LogP contribution in [0.3, 0.4) is 0 Å². The van der Waals surface area contributed by atoms with Crippen molar-refractivity contribution in [3.05, 3.63) is 53.3 Å². The minimum absolute atomic E-state index is 0.0841. The van der Waals surface area contributed by atoms with Gasteiger partial charge in [0.15, 0.2) is 11.5 Å². The highest BCUT2D eigenvalue weighted by atomic mass is 32.2. The molecular formula is C20H22FNO6S. The number of fused-ring (bicyclic) bond motifs is 1. The predicted octanol–water partition coefficient (Wildman–Crippen LogP) is 2.69. The summed E-state index contributed by atoms with van der Waals surface area (Å²) in [5.74, 6) is -0.506. The van der Waals surface area contributed by atoms with Gasteiger partial charge in [-0.3, -0.25) is 4.79 Å². The molecule has 1 aliphatic rings. The van der Waals surface area contributed by atoms with E-state index in [4.69, 9.17) is 14.2 Å². The van der Waals surface area contributed by atoms with Gasteiger partial charge in [0.2, 0.25) is 10.0 Å². The van der Waals surface area contributed by atoms with E-state index < -0.39 is 32.7 Å². The Kier molecular flexibility index (Phi) is 6.09. The monoisotopic (exact) mass is 423 g/mol. The summed E-state index contributed by atoms with van der Waals surface area (Å²) < 4.78 is 57.4. The maximum atomic E-state index is 14.3. The SMILES string of the molecule is COC(=O)C[C@H]1c2cc(OC)c(OC)cc2CCN1S(=O)(=O)c1ccccc1F. The number of esters is 1. The van der Waals surface area contributed by atoms with Crippen LogP contribution in [0.5, 0.6) is 11.5 Å². The van der Waals surface area contributed by atoms with Crippen LogP contribution in [0.15, 0.2) is 41.3 Å². The Hall–Kier alpha value is -2.65. The highest BCUT2D eigenvalue weighted by Gasteiger charge is 2.39. The average molecular weight is 423 g/mol. The summed E-state index contributed by atoms with van der Waals surface area (Å²) in [6.45, 7) is 0.0841. The van der Waals surface area contributed by atoms with Crippen LogP contribution in [0.25, 0.3) is 0 Å². The van der Waals surface area contributed by atoms with Crippen LogP contribution in [0.4, 0.5) is 4.39 Å². The van der Waals surface area contributed by atoms with Crippen molar-refractivity contribution in [3.8, 4) is 11.5 Å². The smallest absolute Gasteiger partial charge is 0.307 e. The summed E-state index contributed by atoms with van der Waals surface area (Å²) in [5.41, 5.74) is 1.43. The standard InChI is InChI=1S/C20H22FNO6S/c1-26-17-10-13-8-9-22(29(24,25)19-7-5-4-6-15(19)21)16(12-20(23)28-3)14(13)11-18(17)27-2/h4-7,10-11,16H,8-9,12H2,1-3H3/t16-/m0/s1. The van der Waals surface area contributed by atoms with Gasteiger partial charge in [-0.2, -0.15) is 4.31 Å². The van der Waals surface area contributed by atoms with Crippen molar-refractivity contribution in [2.45, 2.75) is 23.8 Å². The summed E-state index contributed by atoms with van der Waals surface area (Å²) in [6.07, 6.45) is 0.160. The summed E-state index contributed by atoms with van der Waals surface area (Å²) in [6, 6.07) is 7.74. The molecule has 0 spiro atoms. The van der Waals surface area contributed by atoms with Crippen LogP contribution < -0.4 is 9.47 Å². The molecule has 0 N–H and O–H groups in total. The van der Waals surface area contributed by atoms with Crippen LogP contribution in [0, 0.1) is 5.82 Å². The van der Waals surface area contributed by atoms with Crippen molar-refractivity contribution in [1.29, 1.82) is 0 Å². The molecule has 0 radical (unpaired) electrons. The van der Waals surface area contributed by atoms with E-state index in [-0.39, 0.29) is 13.0 Å². The van der Waals surface area contributed by atoms with Gasteiger partial charge in [0, 0.05) is 6.54 Å². The first-order chi connectivity index (χ1) is 13.8. The number of hydrogen-bond acceptors (Lipinski definition) is 6. The zero-order valence-electron chi connectivity index (χ0n) is 16.3. The number of halogens is 1. The molecule has 0 amide bonds. The minimum atomic E-state index is -4.20. The molecule has 0 bridgehead atoms. The van der Waals surface area contributed by atoms with E-state index in [0.29, 0.717) is 23.5 Å². The van der Waals surface area contributed by atoms with E-state index in [1.54, 1.807) is 12.1 Å². The second kappa shape index (κ2) is 8.38. The van der Waals surface area contributed by atoms with Crippen molar-refractivity contribution in [2.24, 2.45) is 0 Å². The zero-order valence-corrected chi connectivity index (χ0v) is 17.2. The molecule has 9 heteroatoms. The molecular weight excluding hydrogens is 401 g/mol. The fourth-order valence-corrected chi connectivity index (χ4v) is 5.20. The molecule has 3 rings (SSSR count). The van der Waals surface area contributed by atoms with E-state index in [1.165, 1.54) is 39.5 Å². The second-order valence-corrected chi connectivity index (χ2v) is 8.36. The molecule has 2 aromatic rings. The molecule has 0 saturated carbocycles. The van der Waals surface area contributed by atoms with Crippen LogP contribution in [0.2, 0.25) is 0 Å². The van der Waals surface area contributed by atoms with Gasteiger partial charge >= 0.3 is 5.97 Å². The first-order valence-electron chi connectivity index (χ1n) is 8.91. The number of carbonyl (C=O) groups is 1. The number of sulfonamides is 1. The molecule has 0 aromatic heterocycles. The number of ether oxygens (including phenoxy) is 3. The molecule has 156 valence electrons. The maximum absolute atomic E-state index is 14.3. The van der Waals surface area contributed by atoms with Gasteiger partial charge in [-0.15, -0.1) is 0 Å². The molecule has 29 heavy (non-hydrogen) atoms. The molecule has 2 aromatic carbocycles. The van der Waals surface area contributed by atoms with E-state index in [0.717, 1.165) is 15.9 Å². The van der Waals surface area contributed by atoms with Crippen molar-refractivity contribution in [2.75, 3.05) is 27.9 Å². The van der Waals surface area contributed by atoms with Crippen LogP contribution in [-0.4, -0.2) is 46.6 Å². The van der Waals surface area contributed by atoms with Crippen molar-refractivity contribution < 1.29 is 31.8 Å². The Balaban J connectivity index is 2.14. The average Bonchev–Trinajstić information content (AvgIpc) is 2.72. The number of hydrogen-bond donors (Lipinski definition) is 0. The Labute approximate surface area is 169 Å². The van der Waals surface area contributed by atoms with Crippen molar-refractivity contribution in [1.82, 2.24) is 4.31 Å². The van der Waals surface area contributed by atoms with Crippen LogP contribution >= 0.6 is 0 Å². The molecule has 1 heterocycles. The third-order valence-electron chi connectivity index (χ3n) is 4.96. The Morgan fingerprint density at radius 3 is 2.41 bits per heavy atom. The summed E-state index contributed by atoms with van der Waals surface area (Å²) in [5, 5.41) is 0. The fraction of sp³-hybridized carbons (Fsp3) is 0.350.